The first-order chi connectivity index (χ1) is 15.2. The Hall–Kier alpha value is -2.66. The molecule has 1 aliphatic carbocycles. The summed E-state index contributed by atoms with van der Waals surface area (Å²) in [6, 6.07) is 19.9. The van der Waals surface area contributed by atoms with E-state index in [9.17, 15) is 9.59 Å². The Labute approximate surface area is 185 Å². The summed E-state index contributed by atoms with van der Waals surface area (Å²) < 4.78 is 0. The van der Waals surface area contributed by atoms with Crippen LogP contribution in [0.4, 0.5) is 0 Å². The van der Waals surface area contributed by atoms with Gasteiger partial charge in [-0.25, -0.2) is 0 Å². The van der Waals surface area contributed by atoms with E-state index in [0.29, 0.717) is 19.0 Å². The van der Waals surface area contributed by atoms with E-state index in [2.05, 4.69) is 34.5 Å². The fraction of sp³-hybridized carbons (Fsp3) is 0.462. The Morgan fingerprint density at radius 3 is 2.23 bits per heavy atom. The Kier molecular flexibility index (Phi) is 7.36. The van der Waals surface area contributed by atoms with Crippen molar-refractivity contribution in [1.82, 2.24) is 15.1 Å². The summed E-state index contributed by atoms with van der Waals surface area (Å²) in [6.07, 6.45) is 5.75. The van der Waals surface area contributed by atoms with Gasteiger partial charge in [0.25, 0.3) is 5.91 Å². The van der Waals surface area contributed by atoms with Crippen LogP contribution in [0.3, 0.4) is 0 Å². The van der Waals surface area contributed by atoms with Crippen LogP contribution in [0.1, 0.15) is 54.1 Å². The lowest BCUT2D eigenvalue weighted by atomic mass is 9.91. The molecule has 5 heteroatoms. The lowest BCUT2D eigenvalue weighted by molar-refractivity contribution is -0.123. The van der Waals surface area contributed by atoms with Crippen LogP contribution in [0.5, 0.6) is 0 Å². The van der Waals surface area contributed by atoms with Gasteiger partial charge in [-0.1, -0.05) is 61.4 Å². The van der Waals surface area contributed by atoms with Gasteiger partial charge in [-0.3, -0.25) is 14.5 Å². The number of carbonyl (C=O) groups is 2. The fourth-order valence-electron chi connectivity index (χ4n) is 4.94. The molecular formula is C26H33N3O2. The summed E-state index contributed by atoms with van der Waals surface area (Å²) in [5.74, 6) is 0.690. The number of benzene rings is 2. The van der Waals surface area contributed by atoms with Crippen molar-refractivity contribution in [2.75, 3.05) is 32.7 Å². The Morgan fingerprint density at radius 1 is 0.839 bits per heavy atom. The van der Waals surface area contributed by atoms with Gasteiger partial charge in [0, 0.05) is 31.7 Å². The maximum absolute atomic E-state index is 13.0. The molecule has 1 unspecified atom stereocenters. The molecule has 1 saturated heterocycles. The Morgan fingerprint density at radius 2 is 1.52 bits per heavy atom. The minimum absolute atomic E-state index is 0.0808. The van der Waals surface area contributed by atoms with Crippen LogP contribution in [0.2, 0.25) is 0 Å². The van der Waals surface area contributed by atoms with Crippen molar-refractivity contribution in [3.05, 3.63) is 71.8 Å². The normalized spacial score (nSPS) is 19.0. The first kappa shape index (κ1) is 21.6. The quantitative estimate of drug-likeness (QED) is 0.773. The van der Waals surface area contributed by atoms with Crippen molar-refractivity contribution < 1.29 is 9.59 Å². The van der Waals surface area contributed by atoms with Crippen LogP contribution in [0.25, 0.3) is 0 Å². The lowest BCUT2D eigenvalue weighted by Crippen LogP contribution is -2.42. The van der Waals surface area contributed by atoms with Crippen LogP contribution < -0.4 is 5.32 Å². The largest absolute Gasteiger partial charge is 0.348 e. The highest BCUT2D eigenvalue weighted by Gasteiger charge is 2.28. The molecule has 0 aromatic heterocycles. The summed E-state index contributed by atoms with van der Waals surface area (Å²) in [6.45, 7) is 3.35. The maximum atomic E-state index is 13.0. The molecule has 0 radical (unpaired) electrons. The van der Waals surface area contributed by atoms with Gasteiger partial charge in [0.15, 0.2) is 0 Å². The van der Waals surface area contributed by atoms with E-state index in [-0.39, 0.29) is 17.9 Å². The number of amides is 2. The molecule has 0 spiro atoms. The van der Waals surface area contributed by atoms with E-state index < -0.39 is 0 Å². The molecule has 1 heterocycles. The molecule has 164 valence electrons. The Bertz CT molecular complexity index is 849. The molecule has 5 nitrogen and oxygen atoms in total. The molecule has 1 N–H and O–H groups in total. The van der Waals surface area contributed by atoms with Crippen molar-refractivity contribution in [2.24, 2.45) is 5.92 Å². The lowest BCUT2D eigenvalue weighted by Gasteiger charge is -2.27. The average molecular weight is 420 g/mol. The maximum Gasteiger partial charge on any atom is 0.253 e. The molecule has 2 fully saturated rings. The number of hydrogen-bond donors (Lipinski definition) is 1. The van der Waals surface area contributed by atoms with Gasteiger partial charge in [-0.15, -0.1) is 0 Å². The second-order valence-electron chi connectivity index (χ2n) is 8.79. The van der Waals surface area contributed by atoms with E-state index in [1.807, 2.05) is 41.3 Å². The molecule has 1 aliphatic heterocycles. The third kappa shape index (κ3) is 5.73. The summed E-state index contributed by atoms with van der Waals surface area (Å²) >= 11 is 0. The number of carbonyl (C=O) groups excluding carboxylic acids is 2. The van der Waals surface area contributed by atoms with Crippen molar-refractivity contribution in [1.29, 1.82) is 0 Å². The van der Waals surface area contributed by atoms with Gasteiger partial charge < -0.3 is 10.2 Å². The number of nitrogens with one attached hydrogen (secondary N) is 1. The number of hydrogen-bond acceptors (Lipinski definition) is 3. The minimum Gasteiger partial charge on any atom is -0.348 e. The minimum atomic E-state index is 0.0808. The van der Waals surface area contributed by atoms with Crippen LogP contribution in [0.15, 0.2) is 60.7 Å². The molecule has 31 heavy (non-hydrogen) atoms. The zero-order valence-corrected chi connectivity index (χ0v) is 18.2. The highest BCUT2D eigenvalue weighted by Crippen LogP contribution is 2.35. The van der Waals surface area contributed by atoms with Gasteiger partial charge in [0.05, 0.1) is 12.6 Å². The number of nitrogens with zero attached hydrogens (tertiary/aromatic N) is 2. The van der Waals surface area contributed by atoms with Gasteiger partial charge in [-0.05, 0) is 42.9 Å². The second-order valence-corrected chi connectivity index (χ2v) is 8.79. The molecule has 2 amide bonds. The van der Waals surface area contributed by atoms with Gasteiger partial charge in [-0.2, -0.15) is 0 Å². The van der Waals surface area contributed by atoms with Gasteiger partial charge in [0.1, 0.15) is 0 Å². The number of rotatable bonds is 6. The zero-order valence-electron chi connectivity index (χ0n) is 18.2. The van der Waals surface area contributed by atoms with Crippen LogP contribution >= 0.6 is 0 Å². The molecule has 0 bridgehead atoms. The third-order valence-corrected chi connectivity index (χ3v) is 6.61. The standard InChI is InChI=1S/C26H33N3O2/c30-24(27-25(22-12-7-8-13-22)21-10-3-1-4-11-21)20-28-16-9-17-29(19-18-28)26(31)23-14-5-2-6-15-23/h1-6,10-11,14-15,22,25H,7-9,12-13,16-20H2,(H,27,30). The fourth-order valence-corrected chi connectivity index (χ4v) is 4.94. The van der Waals surface area contributed by atoms with Crippen LogP contribution in [0, 0.1) is 5.92 Å². The van der Waals surface area contributed by atoms with E-state index in [1.165, 1.54) is 31.2 Å². The van der Waals surface area contributed by atoms with E-state index >= 15 is 0 Å². The SMILES string of the molecule is O=C(CN1CCCN(C(=O)c2ccccc2)CC1)NC(c1ccccc1)C1CCCC1. The van der Waals surface area contributed by atoms with Crippen molar-refractivity contribution in [2.45, 2.75) is 38.1 Å². The summed E-state index contributed by atoms with van der Waals surface area (Å²) in [5.41, 5.74) is 1.94. The van der Waals surface area contributed by atoms with Crippen molar-refractivity contribution in [3.63, 3.8) is 0 Å². The van der Waals surface area contributed by atoms with Crippen LogP contribution in [-0.2, 0) is 4.79 Å². The van der Waals surface area contributed by atoms with Crippen molar-refractivity contribution in [3.8, 4) is 0 Å². The third-order valence-electron chi connectivity index (χ3n) is 6.61. The Balaban J connectivity index is 1.33. The average Bonchev–Trinajstić information content (AvgIpc) is 3.25. The van der Waals surface area contributed by atoms with Gasteiger partial charge >= 0.3 is 0 Å². The highest BCUT2D eigenvalue weighted by atomic mass is 16.2. The van der Waals surface area contributed by atoms with Gasteiger partial charge in [0.2, 0.25) is 5.91 Å². The molecular weight excluding hydrogens is 386 g/mol. The molecule has 1 saturated carbocycles. The molecule has 2 aromatic carbocycles. The monoisotopic (exact) mass is 419 g/mol. The predicted octanol–water partition coefficient (Wildman–Crippen LogP) is 3.88. The molecule has 1 atom stereocenters. The highest BCUT2D eigenvalue weighted by molar-refractivity contribution is 5.94. The molecule has 4 rings (SSSR count). The van der Waals surface area contributed by atoms with E-state index in [1.54, 1.807) is 0 Å². The first-order valence-corrected chi connectivity index (χ1v) is 11.6. The van der Waals surface area contributed by atoms with E-state index in [4.69, 9.17) is 0 Å². The van der Waals surface area contributed by atoms with Crippen molar-refractivity contribution >= 4 is 11.8 Å². The molecule has 2 aromatic rings. The van der Waals surface area contributed by atoms with Crippen LogP contribution in [-0.4, -0.2) is 54.3 Å². The summed E-state index contributed by atoms with van der Waals surface area (Å²) in [7, 11) is 0. The smallest absolute Gasteiger partial charge is 0.253 e. The summed E-state index contributed by atoms with van der Waals surface area (Å²) in [4.78, 5) is 29.8. The first-order valence-electron chi connectivity index (χ1n) is 11.6. The topological polar surface area (TPSA) is 52.7 Å². The van der Waals surface area contributed by atoms with E-state index in [0.717, 1.165) is 31.6 Å². The summed E-state index contributed by atoms with van der Waals surface area (Å²) in [5, 5.41) is 3.34. The zero-order chi connectivity index (χ0) is 21.5. The molecule has 2 aliphatic rings. The second kappa shape index (κ2) is 10.6. The predicted molar refractivity (Wildman–Crippen MR) is 123 cm³/mol.